The smallest absolute Gasteiger partial charge is 0.288 e. The molecule has 1 saturated heterocycles. The van der Waals surface area contributed by atoms with E-state index in [4.69, 9.17) is 0 Å². The zero-order chi connectivity index (χ0) is 11.4. The van der Waals surface area contributed by atoms with Crippen LogP contribution in [0.25, 0.3) is 0 Å². The summed E-state index contributed by atoms with van der Waals surface area (Å²) in [6.45, 7) is 0.613. The number of guanidine groups is 1. The molecule has 1 heterocycles. The molecule has 2 aliphatic rings. The molecular weight excluding hydrogens is 206 g/mol. The third-order valence-corrected chi connectivity index (χ3v) is 2.76. The van der Waals surface area contributed by atoms with Gasteiger partial charge in [0.25, 0.3) is 0 Å². The van der Waals surface area contributed by atoms with Crippen molar-refractivity contribution in [3.05, 3.63) is 11.6 Å². The van der Waals surface area contributed by atoms with Crippen molar-refractivity contribution in [2.75, 3.05) is 6.54 Å². The van der Waals surface area contributed by atoms with Gasteiger partial charge in [0, 0.05) is 6.54 Å². The maximum absolute atomic E-state index is 10.8. The van der Waals surface area contributed by atoms with Gasteiger partial charge in [-0.25, -0.2) is 0 Å². The number of hydrogen-bond donors (Lipinski definition) is 2. The zero-order valence-electron chi connectivity index (χ0n) is 9.08. The van der Waals surface area contributed by atoms with E-state index in [1.165, 1.54) is 24.8 Å². The highest BCUT2D eigenvalue weighted by Gasteiger charge is 2.24. The standard InChI is InChI=1S/C11H15N3O2/c15-9-10(16)14-11(13-9)12-7-6-8-4-2-1-3-5-8/h4H,1-3,5-7H2,(H2,12,13,14,15,16). The van der Waals surface area contributed by atoms with Crippen molar-refractivity contribution in [3.8, 4) is 0 Å². The first-order chi connectivity index (χ1) is 7.75. The Labute approximate surface area is 94.0 Å². The maximum Gasteiger partial charge on any atom is 0.316 e. The van der Waals surface area contributed by atoms with Crippen molar-refractivity contribution in [3.63, 3.8) is 0 Å². The van der Waals surface area contributed by atoms with Crippen molar-refractivity contribution in [2.45, 2.75) is 32.1 Å². The second-order valence-electron chi connectivity index (χ2n) is 4.00. The number of rotatable bonds is 3. The van der Waals surface area contributed by atoms with Crippen LogP contribution in [0.3, 0.4) is 0 Å². The van der Waals surface area contributed by atoms with Crippen LogP contribution in [0.4, 0.5) is 0 Å². The second-order valence-corrected chi connectivity index (χ2v) is 4.00. The van der Waals surface area contributed by atoms with Gasteiger partial charge < -0.3 is 0 Å². The zero-order valence-corrected chi connectivity index (χ0v) is 9.08. The van der Waals surface area contributed by atoms with E-state index in [0.717, 1.165) is 12.8 Å². The van der Waals surface area contributed by atoms with Gasteiger partial charge in [-0.15, -0.1) is 0 Å². The van der Waals surface area contributed by atoms with Crippen LogP contribution in [-0.2, 0) is 9.59 Å². The fraction of sp³-hybridized carbons (Fsp3) is 0.545. The molecule has 86 valence electrons. The third-order valence-electron chi connectivity index (χ3n) is 2.76. The van der Waals surface area contributed by atoms with E-state index in [9.17, 15) is 9.59 Å². The summed E-state index contributed by atoms with van der Waals surface area (Å²) in [7, 11) is 0. The number of carbonyl (C=O) groups excluding carboxylic acids is 2. The van der Waals surface area contributed by atoms with Gasteiger partial charge >= 0.3 is 11.8 Å². The molecule has 2 amide bonds. The summed E-state index contributed by atoms with van der Waals surface area (Å²) in [5, 5.41) is 4.74. The average Bonchev–Trinajstić information content (AvgIpc) is 2.60. The van der Waals surface area contributed by atoms with Crippen molar-refractivity contribution >= 4 is 17.8 Å². The Morgan fingerprint density at radius 3 is 2.56 bits per heavy atom. The van der Waals surface area contributed by atoms with Crippen molar-refractivity contribution in [1.82, 2.24) is 10.6 Å². The molecule has 0 saturated carbocycles. The lowest BCUT2D eigenvalue weighted by atomic mass is 9.97. The Morgan fingerprint density at radius 2 is 1.94 bits per heavy atom. The van der Waals surface area contributed by atoms with Crippen LogP contribution in [0, 0.1) is 0 Å². The van der Waals surface area contributed by atoms with Gasteiger partial charge in [-0.05, 0) is 32.1 Å². The molecule has 0 radical (unpaired) electrons. The first-order valence-electron chi connectivity index (χ1n) is 5.60. The van der Waals surface area contributed by atoms with Crippen molar-refractivity contribution < 1.29 is 9.59 Å². The van der Waals surface area contributed by atoms with Crippen LogP contribution in [0.5, 0.6) is 0 Å². The molecule has 5 nitrogen and oxygen atoms in total. The molecule has 0 atom stereocenters. The van der Waals surface area contributed by atoms with Crippen molar-refractivity contribution in [1.29, 1.82) is 0 Å². The Hall–Kier alpha value is -1.65. The first kappa shape index (κ1) is 10.9. The molecule has 0 aromatic carbocycles. The Morgan fingerprint density at radius 1 is 1.19 bits per heavy atom. The first-order valence-corrected chi connectivity index (χ1v) is 5.60. The van der Waals surface area contributed by atoms with Gasteiger partial charge in [-0.2, -0.15) is 0 Å². The number of allylic oxidation sites excluding steroid dienone is 1. The minimum absolute atomic E-state index is 0.284. The number of carbonyl (C=O) groups is 2. The molecule has 5 heteroatoms. The van der Waals surface area contributed by atoms with Crippen molar-refractivity contribution in [2.24, 2.45) is 4.99 Å². The van der Waals surface area contributed by atoms with Gasteiger partial charge in [0.15, 0.2) is 0 Å². The molecule has 0 unspecified atom stereocenters. The third kappa shape index (κ3) is 2.68. The fourth-order valence-corrected chi connectivity index (χ4v) is 1.88. The normalized spacial score (nSPS) is 20.2. The number of nitrogens with one attached hydrogen (secondary N) is 2. The quantitative estimate of drug-likeness (QED) is 0.537. The summed E-state index contributed by atoms with van der Waals surface area (Å²) in [6, 6.07) is 0. The minimum atomic E-state index is -0.629. The Kier molecular flexibility index (Phi) is 3.34. The molecule has 0 aromatic heterocycles. The summed E-state index contributed by atoms with van der Waals surface area (Å²) in [4.78, 5) is 25.8. The van der Waals surface area contributed by atoms with Crippen LogP contribution in [0.15, 0.2) is 16.6 Å². The summed E-state index contributed by atoms with van der Waals surface area (Å²) < 4.78 is 0. The number of nitrogens with zero attached hydrogens (tertiary/aromatic N) is 1. The van der Waals surface area contributed by atoms with Gasteiger partial charge in [0.2, 0.25) is 5.96 Å². The van der Waals surface area contributed by atoms with Crippen LogP contribution >= 0.6 is 0 Å². The Balaban J connectivity index is 1.79. The largest absolute Gasteiger partial charge is 0.316 e. The van der Waals surface area contributed by atoms with Crippen LogP contribution in [-0.4, -0.2) is 24.3 Å². The molecular formula is C11H15N3O2. The van der Waals surface area contributed by atoms with Gasteiger partial charge in [-0.1, -0.05) is 11.6 Å². The van der Waals surface area contributed by atoms with Gasteiger partial charge in [0.05, 0.1) is 0 Å². The molecule has 0 spiro atoms. The SMILES string of the molecule is O=C1NC(=NCCC2=CCCCC2)NC1=O. The average molecular weight is 221 g/mol. The molecule has 0 aromatic rings. The molecule has 1 aliphatic carbocycles. The molecule has 2 N–H and O–H groups in total. The second kappa shape index (κ2) is 4.92. The maximum atomic E-state index is 10.8. The summed E-state index contributed by atoms with van der Waals surface area (Å²) in [5.74, 6) is -0.974. The molecule has 1 fully saturated rings. The van der Waals surface area contributed by atoms with E-state index in [0.29, 0.717) is 6.54 Å². The summed E-state index contributed by atoms with van der Waals surface area (Å²) in [6.07, 6.45) is 8.05. The lowest BCUT2D eigenvalue weighted by Gasteiger charge is -2.10. The predicted octanol–water partition coefficient (Wildman–Crippen LogP) is 0.479. The topological polar surface area (TPSA) is 70.6 Å². The van der Waals surface area contributed by atoms with E-state index in [1.54, 1.807) is 0 Å². The highest BCUT2D eigenvalue weighted by atomic mass is 16.2. The number of amides is 2. The van der Waals surface area contributed by atoms with E-state index >= 15 is 0 Å². The highest BCUT2D eigenvalue weighted by molar-refractivity contribution is 6.45. The molecule has 1 aliphatic heterocycles. The number of aliphatic imine (C=N–C) groups is 1. The molecule has 2 rings (SSSR count). The molecule has 0 bridgehead atoms. The van der Waals surface area contributed by atoms with E-state index < -0.39 is 11.8 Å². The van der Waals surface area contributed by atoms with Gasteiger partial charge in [-0.3, -0.25) is 25.2 Å². The molecule has 16 heavy (non-hydrogen) atoms. The summed E-state index contributed by atoms with van der Waals surface area (Å²) >= 11 is 0. The fourth-order valence-electron chi connectivity index (χ4n) is 1.88. The van der Waals surface area contributed by atoms with E-state index in [-0.39, 0.29) is 5.96 Å². The number of hydrogen-bond acceptors (Lipinski definition) is 3. The predicted molar refractivity (Wildman–Crippen MR) is 59.8 cm³/mol. The van der Waals surface area contributed by atoms with Crippen LogP contribution in [0.2, 0.25) is 0 Å². The van der Waals surface area contributed by atoms with E-state index in [1.807, 2.05) is 0 Å². The lowest BCUT2D eigenvalue weighted by Crippen LogP contribution is -2.25. The van der Waals surface area contributed by atoms with E-state index in [2.05, 4.69) is 21.7 Å². The monoisotopic (exact) mass is 221 g/mol. The van der Waals surface area contributed by atoms with Crippen LogP contribution < -0.4 is 10.6 Å². The summed E-state index contributed by atoms with van der Waals surface area (Å²) in [5.41, 5.74) is 1.44. The lowest BCUT2D eigenvalue weighted by molar-refractivity contribution is -0.135. The minimum Gasteiger partial charge on any atom is -0.288 e. The van der Waals surface area contributed by atoms with Crippen LogP contribution in [0.1, 0.15) is 32.1 Å². The Bertz CT molecular complexity index is 353. The van der Waals surface area contributed by atoms with Gasteiger partial charge in [0.1, 0.15) is 0 Å². The highest BCUT2D eigenvalue weighted by Crippen LogP contribution is 2.19.